The molecule has 0 heterocycles. The third-order valence-corrected chi connectivity index (χ3v) is 3.90. The second-order valence-corrected chi connectivity index (χ2v) is 5.40. The summed E-state index contributed by atoms with van der Waals surface area (Å²) in [7, 11) is 0. The summed E-state index contributed by atoms with van der Waals surface area (Å²) >= 11 is 4.83. The molecule has 2 rings (SSSR count). The van der Waals surface area contributed by atoms with E-state index in [0.29, 0.717) is 10.2 Å². The summed E-state index contributed by atoms with van der Waals surface area (Å²) in [6, 6.07) is 12.5. The molecular formula is C14H11BrO3S. The summed E-state index contributed by atoms with van der Waals surface area (Å²) in [5.74, 6) is 0.381. The smallest absolute Gasteiger partial charge is 0.336 e. The highest BCUT2D eigenvalue weighted by Gasteiger charge is 2.10. The maximum atomic E-state index is 10.9. The predicted octanol–water partition coefficient (Wildman–Crippen LogP) is 4.66. The fraction of sp³-hybridized carbons (Fsp3) is 0.0714. The van der Waals surface area contributed by atoms with E-state index in [0.717, 1.165) is 10.6 Å². The number of ether oxygens (including phenoxy) is 1. The number of hydrogen-bond donors (Lipinski definition) is 1. The van der Waals surface area contributed by atoms with Gasteiger partial charge in [-0.25, -0.2) is 4.79 Å². The van der Waals surface area contributed by atoms with E-state index in [9.17, 15) is 4.79 Å². The fourth-order valence-electron chi connectivity index (χ4n) is 1.56. The molecule has 2 aromatic carbocycles. The third kappa shape index (κ3) is 3.30. The van der Waals surface area contributed by atoms with Crippen LogP contribution in [-0.2, 0) is 0 Å². The summed E-state index contributed by atoms with van der Waals surface area (Å²) in [5.41, 5.74) is 0.213. The Bertz CT molecular complexity index is 613. The molecule has 0 aliphatic heterocycles. The Morgan fingerprint density at radius 1 is 1.26 bits per heavy atom. The van der Waals surface area contributed by atoms with Gasteiger partial charge in [0.25, 0.3) is 0 Å². The molecule has 0 spiro atoms. The summed E-state index contributed by atoms with van der Waals surface area (Å²) in [4.78, 5) is 11.9. The molecule has 19 heavy (non-hydrogen) atoms. The summed E-state index contributed by atoms with van der Waals surface area (Å²) < 4.78 is 6.27. The molecule has 98 valence electrons. The van der Waals surface area contributed by atoms with Gasteiger partial charge in [0.1, 0.15) is 11.5 Å². The first-order chi connectivity index (χ1) is 9.11. The number of carboxylic acids is 1. The minimum atomic E-state index is -0.970. The highest BCUT2D eigenvalue weighted by atomic mass is 79.9. The normalized spacial score (nSPS) is 10.2. The zero-order valence-electron chi connectivity index (χ0n) is 10.1. The second kappa shape index (κ2) is 6.12. The van der Waals surface area contributed by atoms with Gasteiger partial charge in [-0.2, -0.15) is 0 Å². The van der Waals surface area contributed by atoms with E-state index in [1.165, 1.54) is 6.07 Å². The molecule has 1 N–H and O–H groups in total. The number of thioether (sulfide) groups is 1. The van der Waals surface area contributed by atoms with Crippen LogP contribution in [0.1, 0.15) is 10.4 Å². The molecule has 0 saturated carbocycles. The molecule has 0 aromatic heterocycles. The van der Waals surface area contributed by atoms with Crippen molar-refractivity contribution >= 4 is 33.7 Å². The topological polar surface area (TPSA) is 46.5 Å². The maximum Gasteiger partial charge on any atom is 0.336 e. The SMILES string of the molecule is CSc1ccccc1Oc1ccc(C(=O)O)c(Br)c1. The number of rotatable bonds is 4. The molecule has 3 nitrogen and oxygen atoms in total. The minimum absolute atomic E-state index is 0.213. The van der Waals surface area contributed by atoms with Crippen molar-refractivity contribution in [1.82, 2.24) is 0 Å². The first kappa shape index (κ1) is 14.0. The van der Waals surface area contributed by atoms with Crippen LogP contribution < -0.4 is 4.74 Å². The molecule has 0 atom stereocenters. The molecule has 0 saturated heterocycles. The molecular weight excluding hydrogens is 328 g/mol. The number of benzene rings is 2. The van der Waals surface area contributed by atoms with Gasteiger partial charge < -0.3 is 9.84 Å². The zero-order valence-corrected chi connectivity index (χ0v) is 12.5. The van der Waals surface area contributed by atoms with Crippen molar-refractivity contribution in [2.75, 3.05) is 6.26 Å². The molecule has 0 amide bonds. The molecule has 0 aliphatic rings. The molecule has 5 heteroatoms. The summed E-state index contributed by atoms with van der Waals surface area (Å²) in [5, 5.41) is 8.95. The molecule has 2 aromatic rings. The third-order valence-electron chi connectivity index (χ3n) is 2.47. The van der Waals surface area contributed by atoms with E-state index < -0.39 is 5.97 Å². The van der Waals surface area contributed by atoms with Crippen LogP contribution in [0.4, 0.5) is 0 Å². The number of halogens is 1. The van der Waals surface area contributed by atoms with Crippen molar-refractivity contribution in [2.45, 2.75) is 4.90 Å². The average Bonchev–Trinajstić information content (AvgIpc) is 2.39. The largest absolute Gasteiger partial charge is 0.478 e. The van der Waals surface area contributed by atoms with Gasteiger partial charge in [0.15, 0.2) is 0 Å². The van der Waals surface area contributed by atoms with Crippen LogP contribution in [0.3, 0.4) is 0 Å². The lowest BCUT2D eigenvalue weighted by molar-refractivity contribution is 0.0696. The Balaban J connectivity index is 2.29. The van der Waals surface area contributed by atoms with Gasteiger partial charge in [-0.1, -0.05) is 12.1 Å². The summed E-state index contributed by atoms with van der Waals surface area (Å²) in [6.07, 6.45) is 1.98. The Morgan fingerprint density at radius 3 is 2.63 bits per heavy atom. The zero-order chi connectivity index (χ0) is 13.8. The maximum absolute atomic E-state index is 10.9. The number of carboxylic acid groups (broad SMARTS) is 1. The number of carbonyl (C=O) groups is 1. The van der Waals surface area contributed by atoms with Crippen LogP contribution in [-0.4, -0.2) is 17.3 Å². The van der Waals surface area contributed by atoms with Gasteiger partial charge in [-0.15, -0.1) is 11.8 Å². The standard InChI is InChI=1S/C14H11BrO3S/c1-19-13-5-3-2-4-12(13)18-9-6-7-10(14(16)17)11(15)8-9/h2-8H,1H3,(H,16,17). The van der Waals surface area contributed by atoms with E-state index >= 15 is 0 Å². The van der Waals surface area contributed by atoms with Gasteiger partial charge in [-0.3, -0.25) is 0 Å². The van der Waals surface area contributed by atoms with E-state index in [1.807, 2.05) is 30.5 Å². The molecule has 0 unspecified atom stereocenters. The quantitative estimate of drug-likeness (QED) is 0.823. The van der Waals surface area contributed by atoms with Gasteiger partial charge in [0, 0.05) is 9.37 Å². The van der Waals surface area contributed by atoms with Crippen LogP contribution in [0, 0.1) is 0 Å². The number of hydrogen-bond acceptors (Lipinski definition) is 3. The van der Waals surface area contributed by atoms with E-state index in [1.54, 1.807) is 23.9 Å². The van der Waals surface area contributed by atoms with E-state index in [2.05, 4.69) is 15.9 Å². The van der Waals surface area contributed by atoms with Crippen LogP contribution in [0.2, 0.25) is 0 Å². The van der Waals surface area contributed by atoms with Crippen molar-refractivity contribution in [3.05, 3.63) is 52.5 Å². The predicted molar refractivity (Wildman–Crippen MR) is 79.4 cm³/mol. The lowest BCUT2D eigenvalue weighted by atomic mass is 10.2. The lowest BCUT2D eigenvalue weighted by Gasteiger charge is -2.10. The second-order valence-electron chi connectivity index (χ2n) is 3.70. The van der Waals surface area contributed by atoms with Crippen molar-refractivity contribution < 1.29 is 14.6 Å². The van der Waals surface area contributed by atoms with E-state index in [-0.39, 0.29) is 5.56 Å². The van der Waals surface area contributed by atoms with Crippen LogP contribution in [0.15, 0.2) is 51.8 Å². The monoisotopic (exact) mass is 338 g/mol. The number of para-hydroxylation sites is 1. The lowest BCUT2D eigenvalue weighted by Crippen LogP contribution is -1.97. The summed E-state index contributed by atoms with van der Waals surface area (Å²) in [6.45, 7) is 0. The van der Waals surface area contributed by atoms with Crippen LogP contribution in [0.5, 0.6) is 11.5 Å². The van der Waals surface area contributed by atoms with Crippen LogP contribution in [0.25, 0.3) is 0 Å². The Morgan fingerprint density at radius 2 is 2.00 bits per heavy atom. The molecule has 0 fully saturated rings. The van der Waals surface area contributed by atoms with Gasteiger partial charge in [0.05, 0.1) is 5.56 Å². The van der Waals surface area contributed by atoms with Crippen molar-refractivity contribution in [3.63, 3.8) is 0 Å². The number of aromatic carboxylic acids is 1. The Kier molecular flexibility index (Phi) is 4.50. The highest BCUT2D eigenvalue weighted by molar-refractivity contribution is 9.10. The van der Waals surface area contributed by atoms with Crippen molar-refractivity contribution in [1.29, 1.82) is 0 Å². The molecule has 0 bridgehead atoms. The Hall–Kier alpha value is -1.46. The highest BCUT2D eigenvalue weighted by Crippen LogP contribution is 2.32. The van der Waals surface area contributed by atoms with Crippen molar-refractivity contribution in [2.24, 2.45) is 0 Å². The van der Waals surface area contributed by atoms with Crippen molar-refractivity contribution in [3.8, 4) is 11.5 Å². The molecule has 0 radical (unpaired) electrons. The first-order valence-corrected chi connectivity index (χ1v) is 7.47. The van der Waals surface area contributed by atoms with Gasteiger partial charge in [0.2, 0.25) is 0 Å². The Labute approximate surface area is 123 Å². The van der Waals surface area contributed by atoms with Gasteiger partial charge >= 0.3 is 5.97 Å². The minimum Gasteiger partial charge on any atom is -0.478 e. The van der Waals surface area contributed by atoms with E-state index in [4.69, 9.17) is 9.84 Å². The average molecular weight is 339 g/mol. The van der Waals surface area contributed by atoms with Gasteiger partial charge in [-0.05, 0) is 52.5 Å². The van der Waals surface area contributed by atoms with Crippen LogP contribution >= 0.6 is 27.7 Å². The fourth-order valence-corrected chi connectivity index (χ4v) is 2.62. The first-order valence-electron chi connectivity index (χ1n) is 5.45. The molecule has 0 aliphatic carbocycles.